The summed E-state index contributed by atoms with van der Waals surface area (Å²) >= 11 is 0. The van der Waals surface area contributed by atoms with Crippen molar-refractivity contribution in [2.45, 2.75) is 32.8 Å². The maximum Gasteiger partial charge on any atom is 0.323 e. The molecule has 0 spiro atoms. The minimum Gasteiger partial charge on any atom is -0.461 e. The Bertz CT molecular complexity index is 499. The van der Waals surface area contributed by atoms with E-state index in [4.69, 9.17) is 10.5 Å². The molecule has 0 saturated carbocycles. The lowest BCUT2D eigenvalue weighted by atomic mass is 9.96. The van der Waals surface area contributed by atoms with Gasteiger partial charge in [-0.1, -0.05) is 0 Å². The van der Waals surface area contributed by atoms with Crippen LogP contribution in [-0.2, 0) is 4.79 Å². The molecule has 0 aromatic carbocycles. The molecule has 1 amide bonds. The van der Waals surface area contributed by atoms with E-state index in [0.717, 1.165) is 12.8 Å². The Morgan fingerprint density at radius 1 is 1.33 bits per heavy atom. The Morgan fingerprint density at radius 3 is 2.57 bits per heavy atom. The molecule has 2 heterocycles. The molecule has 1 aromatic heterocycles. The van der Waals surface area contributed by atoms with Crippen LogP contribution < -0.4 is 20.7 Å². The van der Waals surface area contributed by atoms with Gasteiger partial charge in [0.05, 0.1) is 6.10 Å². The van der Waals surface area contributed by atoms with Gasteiger partial charge in [0.15, 0.2) is 0 Å². The highest BCUT2D eigenvalue weighted by molar-refractivity contribution is 5.78. The molecule has 1 aliphatic rings. The molecular formula is C13H22N6O2. The van der Waals surface area contributed by atoms with Crippen LogP contribution in [0.25, 0.3) is 0 Å². The van der Waals surface area contributed by atoms with Crippen molar-refractivity contribution in [2.24, 2.45) is 5.92 Å². The van der Waals surface area contributed by atoms with Gasteiger partial charge in [0, 0.05) is 26.1 Å². The van der Waals surface area contributed by atoms with Gasteiger partial charge in [-0.25, -0.2) is 0 Å². The summed E-state index contributed by atoms with van der Waals surface area (Å²) in [7, 11) is 1.66. The quantitative estimate of drug-likeness (QED) is 0.817. The molecular weight excluding hydrogens is 272 g/mol. The molecule has 21 heavy (non-hydrogen) atoms. The van der Waals surface area contributed by atoms with Crippen molar-refractivity contribution < 1.29 is 9.53 Å². The molecule has 3 N–H and O–H groups in total. The topological polar surface area (TPSA) is 106 Å². The van der Waals surface area contributed by atoms with E-state index in [9.17, 15) is 4.79 Å². The third kappa shape index (κ3) is 3.93. The highest BCUT2D eigenvalue weighted by Gasteiger charge is 2.26. The van der Waals surface area contributed by atoms with Crippen LogP contribution in [0.2, 0.25) is 0 Å². The zero-order chi connectivity index (χ0) is 15.4. The van der Waals surface area contributed by atoms with Gasteiger partial charge in [-0.05, 0) is 26.7 Å². The van der Waals surface area contributed by atoms with E-state index in [0.29, 0.717) is 19.0 Å². The number of nitrogens with zero attached hydrogens (tertiary/aromatic N) is 4. The number of hydrogen-bond acceptors (Lipinski definition) is 7. The second-order valence-electron chi connectivity index (χ2n) is 5.32. The normalized spacial score (nSPS) is 16.1. The van der Waals surface area contributed by atoms with E-state index >= 15 is 0 Å². The van der Waals surface area contributed by atoms with Crippen molar-refractivity contribution in [1.29, 1.82) is 0 Å². The molecule has 1 aliphatic heterocycles. The fourth-order valence-corrected chi connectivity index (χ4v) is 2.31. The van der Waals surface area contributed by atoms with Crippen LogP contribution in [0, 0.1) is 5.92 Å². The standard InChI is InChI=1S/C13H22N6O2/c1-8(2)21-13-17-11(14)16-12(18-13)19-6-4-9(5-7-19)10(20)15-3/h8-9H,4-7H2,1-3H3,(H,15,20)(H2,14,16,17,18). The van der Waals surface area contributed by atoms with Crippen molar-refractivity contribution in [3.63, 3.8) is 0 Å². The number of nitrogens with one attached hydrogen (secondary N) is 1. The number of nitrogens with two attached hydrogens (primary N) is 1. The van der Waals surface area contributed by atoms with E-state index in [1.807, 2.05) is 18.7 Å². The van der Waals surface area contributed by atoms with Crippen LogP contribution in [0.15, 0.2) is 0 Å². The largest absolute Gasteiger partial charge is 0.461 e. The lowest BCUT2D eigenvalue weighted by molar-refractivity contribution is -0.125. The fraction of sp³-hybridized carbons (Fsp3) is 0.692. The monoisotopic (exact) mass is 294 g/mol. The van der Waals surface area contributed by atoms with E-state index < -0.39 is 0 Å². The highest BCUT2D eigenvalue weighted by Crippen LogP contribution is 2.22. The molecule has 1 aromatic rings. The molecule has 0 radical (unpaired) electrons. The van der Waals surface area contributed by atoms with Gasteiger partial charge in [-0.3, -0.25) is 4.79 Å². The smallest absolute Gasteiger partial charge is 0.323 e. The molecule has 1 fully saturated rings. The Kier molecular flexibility index (Phi) is 4.77. The number of amides is 1. The van der Waals surface area contributed by atoms with Crippen molar-refractivity contribution in [2.75, 3.05) is 30.8 Å². The van der Waals surface area contributed by atoms with Gasteiger partial charge in [0.25, 0.3) is 0 Å². The lowest BCUT2D eigenvalue weighted by Gasteiger charge is -2.31. The predicted molar refractivity (Wildman–Crippen MR) is 79.0 cm³/mol. The SMILES string of the molecule is CNC(=O)C1CCN(c2nc(N)nc(OC(C)C)n2)CC1. The summed E-state index contributed by atoms with van der Waals surface area (Å²) in [5, 5.41) is 2.69. The maximum absolute atomic E-state index is 11.6. The highest BCUT2D eigenvalue weighted by atomic mass is 16.5. The van der Waals surface area contributed by atoms with Crippen LogP contribution in [0.5, 0.6) is 6.01 Å². The van der Waals surface area contributed by atoms with Crippen LogP contribution in [0.3, 0.4) is 0 Å². The van der Waals surface area contributed by atoms with Gasteiger partial charge < -0.3 is 20.7 Å². The van der Waals surface area contributed by atoms with Crippen LogP contribution in [-0.4, -0.2) is 47.1 Å². The molecule has 2 rings (SSSR count). The third-order valence-electron chi connectivity index (χ3n) is 3.36. The van der Waals surface area contributed by atoms with Crippen molar-refractivity contribution in [3.05, 3.63) is 0 Å². The number of carbonyl (C=O) groups is 1. The number of aromatic nitrogens is 3. The average molecular weight is 294 g/mol. The summed E-state index contributed by atoms with van der Waals surface area (Å²) in [4.78, 5) is 26.0. The summed E-state index contributed by atoms with van der Waals surface area (Å²) in [5.74, 6) is 0.794. The van der Waals surface area contributed by atoms with Crippen molar-refractivity contribution in [1.82, 2.24) is 20.3 Å². The first-order valence-electron chi connectivity index (χ1n) is 7.14. The van der Waals surface area contributed by atoms with Crippen molar-refractivity contribution in [3.8, 4) is 6.01 Å². The minimum absolute atomic E-state index is 0.0290. The molecule has 116 valence electrons. The predicted octanol–water partition coefficient (Wildman–Crippen LogP) is 0.203. The lowest BCUT2D eigenvalue weighted by Crippen LogP contribution is -2.40. The first-order valence-corrected chi connectivity index (χ1v) is 7.14. The van der Waals surface area contributed by atoms with Gasteiger partial charge in [0.1, 0.15) is 0 Å². The molecule has 0 bridgehead atoms. The third-order valence-corrected chi connectivity index (χ3v) is 3.36. The molecule has 1 saturated heterocycles. The Balaban J connectivity index is 2.06. The zero-order valence-corrected chi connectivity index (χ0v) is 12.7. The Hall–Kier alpha value is -2.12. The number of anilines is 2. The summed E-state index contributed by atoms with van der Waals surface area (Å²) in [6.07, 6.45) is 1.51. The second-order valence-corrected chi connectivity index (χ2v) is 5.32. The molecule has 8 nitrogen and oxygen atoms in total. The van der Waals surface area contributed by atoms with Crippen molar-refractivity contribution >= 4 is 17.8 Å². The Labute approximate surface area is 124 Å². The maximum atomic E-state index is 11.6. The zero-order valence-electron chi connectivity index (χ0n) is 12.7. The number of ether oxygens (including phenoxy) is 1. The van der Waals surface area contributed by atoms with Gasteiger partial charge in [-0.15, -0.1) is 0 Å². The molecule has 0 unspecified atom stereocenters. The second kappa shape index (κ2) is 6.55. The summed E-state index contributed by atoms with van der Waals surface area (Å²) in [6, 6.07) is 0.237. The summed E-state index contributed by atoms with van der Waals surface area (Å²) < 4.78 is 5.47. The first-order chi connectivity index (χ1) is 9.99. The van der Waals surface area contributed by atoms with Crippen LogP contribution in [0.4, 0.5) is 11.9 Å². The average Bonchev–Trinajstić information content (AvgIpc) is 2.45. The van der Waals surface area contributed by atoms with Crippen LogP contribution in [0.1, 0.15) is 26.7 Å². The number of nitrogen functional groups attached to an aromatic ring is 1. The number of piperidine rings is 1. The number of hydrogen-bond donors (Lipinski definition) is 2. The number of rotatable bonds is 4. The van der Waals surface area contributed by atoms with E-state index in [1.165, 1.54) is 0 Å². The van der Waals surface area contributed by atoms with E-state index in [2.05, 4.69) is 20.3 Å². The fourth-order valence-electron chi connectivity index (χ4n) is 2.31. The molecule has 8 heteroatoms. The first kappa shape index (κ1) is 15.3. The van der Waals surface area contributed by atoms with E-state index in [1.54, 1.807) is 7.05 Å². The summed E-state index contributed by atoms with van der Waals surface area (Å²) in [6.45, 7) is 5.22. The minimum atomic E-state index is -0.0290. The summed E-state index contributed by atoms with van der Waals surface area (Å²) in [5.41, 5.74) is 5.71. The van der Waals surface area contributed by atoms with Crippen LogP contribution >= 0.6 is 0 Å². The molecule has 0 aliphatic carbocycles. The molecule has 0 atom stereocenters. The van der Waals surface area contributed by atoms with Gasteiger partial charge in [-0.2, -0.15) is 15.0 Å². The van der Waals surface area contributed by atoms with Gasteiger partial charge in [0.2, 0.25) is 17.8 Å². The van der Waals surface area contributed by atoms with E-state index in [-0.39, 0.29) is 29.9 Å². The Morgan fingerprint density at radius 2 is 2.00 bits per heavy atom. The number of carbonyl (C=O) groups excluding carboxylic acids is 1. The van der Waals surface area contributed by atoms with Gasteiger partial charge >= 0.3 is 6.01 Å².